The van der Waals surface area contributed by atoms with Crippen LogP contribution in [-0.2, 0) is 12.8 Å². The molecule has 0 aliphatic rings. The summed E-state index contributed by atoms with van der Waals surface area (Å²) < 4.78 is 2.12. The summed E-state index contributed by atoms with van der Waals surface area (Å²) in [5, 5.41) is 8.11. The molecule has 2 unspecified atom stereocenters. The maximum Gasteiger partial charge on any atom is 0.150 e. The summed E-state index contributed by atoms with van der Waals surface area (Å²) in [7, 11) is 0. The van der Waals surface area contributed by atoms with Gasteiger partial charge in [-0.25, -0.2) is 9.67 Å². The molecule has 0 aromatic carbocycles. The van der Waals surface area contributed by atoms with E-state index in [9.17, 15) is 0 Å². The van der Waals surface area contributed by atoms with E-state index >= 15 is 0 Å². The predicted molar refractivity (Wildman–Crippen MR) is 75.8 cm³/mol. The minimum Gasteiger partial charge on any atom is -0.316 e. The number of hydrogen-bond donors (Lipinski definition) is 1. The van der Waals surface area contributed by atoms with Crippen LogP contribution in [0.2, 0.25) is 0 Å². The van der Waals surface area contributed by atoms with Crippen LogP contribution < -0.4 is 5.32 Å². The van der Waals surface area contributed by atoms with Crippen molar-refractivity contribution in [2.75, 3.05) is 13.1 Å². The number of nitrogens with zero attached hydrogens (tertiary/aromatic N) is 3. The fraction of sp³-hybridized carbons (Fsp3) is 0.857. The van der Waals surface area contributed by atoms with Crippen LogP contribution in [0.15, 0.2) is 0 Å². The molecule has 18 heavy (non-hydrogen) atoms. The van der Waals surface area contributed by atoms with Gasteiger partial charge in [0.2, 0.25) is 0 Å². The molecule has 0 aliphatic carbocycles. The molecule has 0 saturated heterocycles. The fourth-order valence-corrected chi connectivity index (χ4v) is 2.04. The first-order chi connectivity index (χ1) is 8.63. The lowest BCUT2D eigenvalue weighted by molar-refractivity contribution is 0.328. The monoisotopic (exact) mass is 252 g/mol. The Morgan fingerprint density at radius 2 is 1.89 bits per heavy atom. The standard InChI is InChI=1S/C14H28N4/c1-6-9-15-10-11(4)12(5)18-14(8-3)16-13(7-2)17-18/h11-12,15H,6-10H2,1-5H3. The third-order valence-electron chi connectivity index (χ3n) is 3.48. The van der Waals surface area contributed by atoms with E-state index < -0.39 is 0 Å². The average molecular weight is 252 g/mol. The molecule has 4 nitrogen and oxygen atoms in total. The highest BCUT2D eigenvalue weighted by atomic mass is 15.4. The molecule has 104 valence electrons. The van der Waals surface area contributed by atoms with Gasteiger partial charge in [-0.3, -0.25) is 0 Å². The SMILES string of the molecule is CCCNCC(C)C(C)n1nc(CC)nc1CC. The van der Waals surface area contributed by atoms with E-state index in [2.05, 4.69) is 54.7 Å². The van der Waals surface area contributed by atoms with Gasteiger partial charge in [0.05, 0.1) is 6.04 Å². The maximum absolute atomic E-state index is 4.63. The van der Waals surface area contributed by atoms with Gasteiger partial charge in [-0.05, 0) is 32.4 Å². The Morgan fingerprint density at radius 1 is 1.17 bits per heavy atom. The fourth-order valence-electron chi connectivity index (χ4n) is 2.04. The summed E-state index contributed by atoms with van der Waals surface area (Å²) >= 11 is 0. The molecule has 1 heterocycles. The normalized spacial score (nSPS) is 14.7. The van der Waals surface area contributed by atoms with Gasteiger partial charge in [0.15, 0.2) is 5.82 Å². The zero-order valence-electron chi connectivity index (χ0n) is 12.5. The third kappa shape index (κ3) is 3.80. The van der Waals surface area contributed by atoms with Crippen molar-refractivity contribution in [1.29, 1.82) is 0 Å². The van der Waals surface area contributed by atoms with Gasteiger partial charge in [-0.15, -0.1) is 0 Å². The third-order valence-corrected chi connectivity index (χ3v) is 3.48. The minimum atomic E-state index is 0.400. The number of hydrogen-bond acceptors (Lipinski definition) is 3. The summed E-state index contributed by atoms with van der Waals surface area (Å²) in [6, 6.07) is 0.400. The van der Waals surface area contributed by atoms with Crippen molar-refractivity contribution in [3.8, 4) is 0 Å². The highest BCUT2D eigenvalue weighted by Crippen LogP contribution is 2.18. The molecule has 1 rings (SSSR count). The van der Waals surface area contributed by atoms with Gasteiger partial charge in [0.1, 0.15) is 5.82 Å². The average Bonchev–Trinajstić information content (AvgIpc) is 2.81. The highest BCUT2D eigenvalue weighted by molar-refractivity contribution is 4.95. The highest BCUT2D eigenvalue weighted by Gasteiger charge is 2.18. The Hall–Kier alpha value is -0.900. The number of aryl methyl sites for hydroxylation is 2. The van der Waals surface area contributed by atoms with Crippen LogP contribution in [0, 0.1) is 5.92 Å². The van der Waals surface area contributed by atoms with Crippen LogP contribution in [0.3, 0.4) is 0 Å². The van der Waals surface area contributed by atoms with Gasteiger partial charge in [-0.2, -0.15) is 5.10 Å². The molecule has 0 aliphatic heterocycles. The first-order valence-corrected chi connectivity index (χ1v) is 7.28. The largest absolute Gasteiger partial charge is 0.316 e. The van der Waals surface area contributed by atoms with Gasteiger partial charge < -0.3 is 5.32 Å². The molecule has 1 aromatic heterocycles. The van der Waals surface area contributed by atoms with Crippen molar-refractivity contribution in [2.24, 2.45) is 5.92 Å². The van der Waals surface area contributed by atoms with Crippen LogP contribution in [0.5, 0.6) is 0 Å². The zero-order chi connectivity index (χ0) is 13.5. The minimum absolute atomic E-state index is 0.400. The van der Waals surface area contributed by atoms with Crippen molar-refractivity contribution in [2.45, 2.75) is 59.9 Å². The maximum atomic E-state index is 4.63. The van der Waals surface area contributed by atoms with Gasteiger partial charge >= 0.3 is 0 Å². The number of rotatable bonds is 8. The van der Waals surface area contributed by atoms with Crippen molar-refractivity contribution >= 4 is 0 Å². The predicted octanol–water partition coefficient (Wildman–Crippen LogP) is 2.60. The smallest absolute Gasteiger partial charge is 0.150 e. The molecule has 1 aromatic rings. The molecule has 2 atom stereocenters. The van der Waals surface area contributed by atoms with Crippen LogP contribution in [-0.4, -0.2) is 27.9 Å². The van der Waals surface area contributed by atoms with E-state index in [0.717, 1.165) is 37.6 Å². The Bertz CT molecular complexity index is 346. The Balaban J connectivity index is 2.69. The van der Waals surface area contributed by atoms with E-state index in [-0.39, 0.29) is 0 Å². The molecule has 0 fully saturated rings. The van der Waals surface area contributed by atoms with E-state index in [1.54, 1.807) is 0 Å². The van der Waals surface area contributed by atoms with E-state index in [1.807, 2.05) is 0 Å². The van der Waals surface area contributed by atoms with Crippen molar-refractivity contribution in [1.82, 2.24) is 20.1 Å². The van der Waals surface area contributed by atoms with Crippen LogP contribution in [0.1, 0.15) is 58.7 Å². The molecular weight excluding hydrogens is 224 g/mol. The number of nitrogens with one attached hydrogen (secondary N) is 1. The van der Waals surface area contributed by atoms with Crippen LogP contribution >= 0.6 is 0 Å². The molecular formula is C14H28N4. The molecule has 1 N–H and O–H groups in total. The Morgan fingerprint density at radius 3 is 2.44 bits per heavy atom. The topological polar surface area (TPSA) is 42.7 Å². The molecule has 0 spiro atoms. The molecule has 0 radical (unpaired) electrons. The second-order valence-corrected chi connectivity index (χ2v) is 5.02. The summed E-state index contributed by atoms with van der Waals surface area (Å²) in [4.78, 5) is 4.58. The lowest BCUT2D eigenvalue weighted by Crippen LogP contribution is -2.28. The lowest BCUT2D eigenvalue weighted by atomic mass is 10.0. The number of aromatic nitrogens is 3. The van der Waals surface area contributed by atoms with E-state index in [1.165, 1.54) is 6.42 Å². The summed E-state index contributed by atoms with van der Waals surface area (Å²) in [5.74, 6) is 2.64. The van der Waals surface area contributed by atoms with Gasteiger partial charge in [-0.1, -0.05) is 27.7 Å². The van der Waals surface area contributed by atoms with Crippen LogP contribution in [0.4, 0.5) is 0 Å². The van der Waals surface area contributed by atoms with Crippen molar-refractivity contribution in [3.63, 3.8) is 0 Å². The second kappa shape index (κ2) is 7.52. The zero-order valence-corrected chi connectivity index (χ0v) is 12.5. The summed E-state index contributed by atoms with van der Waals surface area (Å²) in [6.45, 7) is 13.1. The van der Waals surface area contributed by atoms with Crippen molar-refractivity contribution in [3.05, 3.63) is 11.6 Å². The van der Waals surface area contributed by atoms with E-state index in [4.69, 9.17) is 0 Å². The molecule has 0 saturated carbocycles. The molecule has 0 bridgehead atoms. The second-order valence-electron chi connectivity index (χ2n) is 5.02. The lowest BCUT2D eigenvalue weighted by Gasteiger charge is -2.22. The summed E-state index contributed by atoms with van der Waals surface area (Å²) in [6.07, 6.45) is 3.05. The first-order valence-electron chi connectivity index (χ1n) is 7.28. The summed E-state index contributed by atoms with van der Waals surface area (Å²) in [5.41, 5.74) is 0. The quantitative estimate of drug-likeness (QED) is 0.723. The Kier molecular flexibility index (Phi) is 6.33. The first kappa shape index (κ1) is 15.2. The Labute approximate surface area is 111 Å². The molecule has 4 heteroatoms. The van der Waals surface area contributed by atoms with Crippen LogP contribution in [0.25, 0.3) is 0 Å². The van der Waals surface area contributed by atoms with Gasteiger partial charge in [0.25, 0.3) is 0 Å². The van der Waals surface area contributed by atoms with E-state index in [0.29, 0.717) is 12.0 Å². The van der Waals surface area contributed by atoms with Gasteiger partial charge in [0, 0.05) is 12.8 Å². The molecule has 0 amide bonds. The van der Waals surface area contributed by atoms with Crippen molar-refractivity contribution < 1.29 is 0 Å².